The molecule has 34 heavy (non-hydrogen) atoms. The number of rotatable bonds is 6. The van der Waals surface area contributed by atoms with E-state index in [-0.39, 0.29) is 23.7 Å². The van der Waals surface area contributed by atoms with Crippen LogP contribution in [0.15, 0.2) is 66.9 Å². The minimum Gasteiger partial charge on any atom is -0.325 e. The molecule has 9 heteroatoms. The number of benzene rings is 2. The van der Waals surface area contributed by atoms with Crippen LogP contribution in [0.25, 0.3) is 0 Å². The van der Waals surface area contributed by atoms with Crippen LogP contribution in [0.2, 0.25) is 5.02 Å². The molecule has 0 fully saturated rings. The van der Waals surface area contributed by atoms with Crippen molar-refractivity contribution in [1.29, 1.82) is 0 Å². The summed E-state index contributed by atoms with van der Waals surface area (Å²) in [4.78, 5) is 19.0. The molecule has 0 saturated carbocycles. The summed E-state index contributed by atoms with van der Waals surface area (Å²) in [6, 6.07) is 13.4. The van der Waals surface area contributed by atoms with Gasteiger partial charge in [0, 0.05) is 25.7 Å². The van der Waals surface area contributed by atoms with Crippen molar-refractivity contribution in [1.82, 2.24) is 15.2 Å². The molecule has 1 atom stereocenters. The smallest absolute Gasteiger partial charge is 0.325 e. The van der Waals surface area contributed by atoms with Crippen molar-refractivity contribution in [3.8, 4) is 0 Å². The first-order valence-electron chi connectivity index (χ1n) is 10.5. The van der Waals surface area contributed by atoms with Gasteiger partial charge in [0.2, 0.25) is 0 Å². The van der Waals surface area contributed by atoms with Gasteiger partial charge in [-0.1, -0.05) is 41.9 Å². The largest absolute Gasteiger partial charge is 0.416 e. The highest BCUT2D eigenvalue weighted by atomic mass is 35.5. The zero-order valence-electron chi connectivity index (χ0n) is 18.8. The van der Waals surface area contributed by atoms with E-state index in [9.17, 15) is 22.4 Å². The number of nitrogens with one attached hydrogen (secondary N) is 1. The Morgan fingerprint density at radius 3 is 2.26 bits per heavy atom. The number of nitrogens with zero attached hydrogens (tertiary/aromatic N) is 2. The summed E-state index contributed by atoms with van der Waals surface area (Å²) in [5.74, 6) is -1.08. The molecule has 0 aliphatic carbocycles. The number of alkyl halides is 3. The van der Waals surface area contributed by atoms with Gasteiger partial charge in [0.25, 0.3) is 0 Å². The Hall–Kier alpha value is -3.13. The molecule has 0 radical (unpaired) electrons. The van der Waals surface area contributed by atoms with Crippen LogP contribution in [0, 0.1) is 5.82 Å². The number of aromatic nitrogens is 1. The van der Waals surface area contributed by atoms with Crippen LogP contribution in [-0.2, 0) is 18.1 Å². The third-order valence-corrected chi connectivity index (χ3v) is 5.83. The van der Waals surface area contributed by atoms with Gasteiger partial charge in [-0.05, 0) is 55.3 Å². The van der Waals surface area contributed by atoms with Crippen LogP contribution in [0.1, 0.15) is 36.2 Å². The lowest BCUT2D eigenvalue weighted by atomic mass is 9.79. The minimum absolute atomic E-state index is 0.0148. The second-order valence-electron chi connectivity index (χ2n) is 8.29. The van der Waals surface area contributed by atoms with Crippen molar-refractivity contribution in [2.45, 2.75) is 38.0 Å². The Balaban J connectivity index is 2.32. The lowest BCUT2D eigenvalue weighted by Crippen LogP contribution is -2.54. The molecule has 0 aliphatic rings. The van der Waals surface area contributed by atoms with Gasteiger partial charge in [-0.25, -0.2) is 9.18 Å². The molecular weight excluding hydrogens is 470 g/mol. The Morgan fingerprint density at radius 2 is 1.71 bits per heavy atom. The van der Waals surface area contributed by atoms with Crippen molar-refractivity contribution in [2.75, 3.05) is 7.05 Å². The van der Waals surface area contributed by atoms with Crippen molar-refractivity contribution >= 4 is 17.6 Å². The lowest BCUT2D eigenvalue weighted by molar-refractivity contribution is -0.137. The Bertz CT molecular complexity index is 1140. The van der Waals surface area contributed by atoms with Gasteiger partial charge < -0.3 is 10.2 Å². The first-order valence-corrected chi connectivity index (χ1v) is 10.9. The maximum Gasteiger partial charge on any atom is 0.416 e. The van der Waals surface area contributed by atoms with Crippen LogP contribution in [-0.4, -0.2) is 29.0 Å². The van der Waals surface area contributed by atoms with Gasteiger partial charge in [-0.3, -0.25) is 4.98 Å². The molecule has 1 N–H and O–H groups in total. The topological polar surface area (TPSA) is 45.2 Å². The van der Waals surface area contributed by atoms with Gasteiger partial charge in [-0.2, -0.15) is 13.2 Å². The van der Waals surface area contributed by atoms with Gasteiger partial charge in [0.05, 0.1) is 16.3 Å². The van der Waals surface area contributed by atoms with Crippen molar-refractivity contribution < 1.29 is 22.4 Å². The summed E-state index contributed by atoms with van der Waals surface area (Å²) in [6.45, 7) is 3.59. The van der Waals surface area contributed by atoms with Crippen molar-refractivity contribution in [2.24, 2.45) is 0 Å². The third kappa shape index (κ3) is 5.67. The molecule has 4 nitrogen and oxygen atoms in total. The van der Waals surface area contributed by atoms with E-state index in [4.69, 9.17) is 11.6 Å². The van der Waals surface area contributed by atoms with Crippen LogP contribution in [0.4, 0.5) is 22.4 Å². The summed E-state index contributed by atoms with van der Waals surface area (Å²) in [6.07, 6.45) is -3.44. The molecular formula is C25H24ClF4N3O. The van der Waals surface area contributed by atoms with Crippen LogP contribution >= 0.6 is 11.6 Å². The average Bonchev–Trinajstić information content (AvgIpc) is 2.78. The average molecular weight is 494 g/mol. The summed E-state index contributed by atoms with van der Waals surface area (Å²) in [7, 11) is 1.56. The second kappa shape index (κ2) is 10.0. The molecule has 1 heterocycles. The minimum atomic E-state index is -4.79. The lowest BCUT2D eigenvalue weighted by Gasteiger charge is -2.38. The fourth-order valence-corrected chi connectivity index (χ4v) is 3.67. The molecule has 180 valence electrons. The standard InChI is InChI=1S/C25H24ClF4N3O/c1-16(2)33(3)23(34)32-24(14-17-7-5-4-6-8-17,22-10-9-20(26)15-31-22)18-11-19(25(28,29)30)13-21(27)12-18/h4-13,15-16H,14H2,1-3H3,(H,32,34)/t24-/m1/s1. The Morgan fingerprint density at radius 1 is 1.06 bits per heavy atom. The number of pyridine rings is 1. The highest BCUT2D eigenvalue weighted by molar-refractivity contribution is 6.30. The molecule has 1 aromatic heterocycles. The number of carbonyl (C=O) groups is 1. The Kier molecular flexibility index (Phi) is 7.51. The normalized spacial score (nSPS) is 13.4. The first-order chi connectivity index (χ1) is 15.9. The zero-order chi connectivity index (χ0) is 25.1. The van der Waals surface area contributed by atoms with Crippen molar-refractivity contribution in [3.05, 3.63) is 100 Å². The van der Waals surface area contributed by atoms with E-state index in [0.717, 1.165) is 12.1 Å². The number of halogens is 5. The number of hydrogen-bond acceptors (Lipinski definition) is 2. The predicted octanol–water partition coefficient (Wildman–Crippen LogP) is 6.43. The molecule has 3 rings (SSSR count). The van der Waals surface area contributed by atoms with Crippen LogP contribution in [0.5, 0.6) is 0 Å². The maximum absolute atomic E-state index is 14.6. The first kappa shape index (κ1) is 25.5. The third-order valence-electron chi connectivity index (χ3n) is 5.61. The van der Waals surface area contributed by atoms with E-state index in [1.54, 1.807) is 51.2 Å². The van der Waals surface area contributed by atoms with E-state index in [2.05, 4.69) is 10.3 Å². The number of urea groups is 1. The second-order valence-corrected chi connectivity index (χ2v) is 8.73. The molecule has 0 bridgehead atoms. The molecule has 2 aromatic carbocycles. The summed E-state index contributed by atoms with van der Waals surface area (Å²) < 4.78 is 55.4. The zero-order valence-corrected chi connectivity index (χ0v) is 19.6. The van der Waals surface area contributed by atoms with Gasteiger partial charge in [0.15, 0.2) is 0 Å². The van der Waals surface area contributed by atoms with E-state index in [0.29, 0.717) is 16.7 Å². The molecule has 0 aliphatic heterocycles. The number of carbonyl (C=O) groups excluding carboxylic acids is 1. The van der Waals surface area contributed by atoms with E-state index in [1.807, 2.05) is 0 Å². The monoisotopic (exact) mass is 493 g/mol. The summed E-state index contributed by atoms with van der Waals surface area (Å²) in [5, 5.41) is 3.17. The highest BCUT2D eigenvalue weighted by Crippen LogP contribution is 2.38. The molecule has 2 amide bonds. The highest BCUT2D eigenvalue weighted by Gasteiger charge is 2.41. The molecule has 0 unspecified atom stereocenters. The number of hydrogen-bond donors (Lipinski definition) is 1. The number of amides is 2. The fourth-order valence-electron chi connectivity index (χ4n) is 3.56. The molecule has 0 spiro atoms. The van der Waals surface area contributed by atoms with Crippen LogP contribution < -0.4 is 5.32 Å². The SMILES string of the molecule is CC(C)N(C)C(=O)N[C@](Cc1ccccc1)(c1cc(F)cc(C(F)(F)F)c1)c1ccc(Cl)cn1. The van der Waals surface area contributed by atoms with Gasteiger partial charge in [-0.15, -0.1) is 0 Å². The van der Waals surface area contributed by atoms with E-state index >= 15 is 0 Å². The van der Waals surface area contributed by atoms with Gasteiger partial charge in [0.1, 0.15) is 11.4 Å². The van der Waals surface area contributed by atoms with E-state index in [1.165, 1.54) is 23.2 Å². The molecule has 3 aromatic rings. The quantitative estimate of drug-likeness (QED) is 0.402. The maximum atomic E-state index is 14.6. The van der Waals surface area contributed by atoms with Crippen molar-refractivity contribution in [3.63, 3.8) is 0 Å². The summed E-state index contributed by atoms with van der Waals surface area (Å²) >= 11 is 6.01. The predicted molar refractivity (Wildman–Crippen MR) is 123 cm³/mol. The Labute approximate surface area is 200 Å². The molecule has 0 saturated heterocycles. The summed E-state index contributed by atoms with van der Waals surface area (Å²) in [5.41, 5.74) is -1.98. The van der Waals surface area contributed by atoms with Crippen LogP contribution in [0.3, 0.4) is 0 Å². The fraction of sp³-hybridized carbons (Fsp3) is 0.280. The van der Waals surface area contributed by atoms with Gasteiger partial charge >= 0.3 is 12.2 Å². The van der Waals surface area contributed by atoms with E-state index < -0.39 is 29.1 Å².